The van der Waals surface area contributed by atoms with Crippen molar-refractivity contribution in [2.24, 2.45) is 0 Å². The molecule has 1 aromatic heterocycles. The summed E-state index contributed by atoms with van der Waals surface area (Å²) in [6.07, 6.45) is -0.765. The lowest BCUT2D eigenvalue weighted by atomic mass is 10.0. The highest BCUT2D eigenvalue weighted by molar-refractivity contribution is 5.98. The van der Waals surface area contributed by atoms with Crippen molar-refractivity contribution >= 4 is 22.7 Å². The lowest BCUT2D eigenvalue weighted by Gasteiger charge is -2.35. The fraction of sp³-hybridized carbons (Fsp3) is 0.500. The molecule has 1 saturated carbocycles. The van der Waals surface area contributed by atoms with Crippen LogP contribution >= 0.6 is 0 Å². The zero-order valence-electron chi connectivity index (χ0n) is 14.4. The molecule has 2 aromatic rings. The summed E-state index contributed by atoms with van der Waals surface area (Å²) in [4.78, 5) is 25.9. The zero-order valence-corrected chi connectivity index (χ0v) is 14.4. The van der Waals surface area contributed by atoms with Gasteiger partial charge in [0.05, 0.1) is 18.1 Å². The minimum Gasteiger partial charge on any atom is -0.348 e. The van der Waals surface area contributed by atoms with Crippen molar-refractivity contribution in [1.29, 1.82) is 0 Å². The first kappa shape index (κ1) is 16.9. The Bertz CT molecular complexity index is 877. The summed E-state index contributed by atoms with van der Waals surface area (Å²) < 4.78 is 28.2. The molecule has 2 atom stereocenters. The van der Waals surface area contributed by atoms with Gasteiger partial charge in [0.2, 0.25) is 0 Å². The highest BCUT2D eigenvalue weighted by atomic mass is 19.1. The molecule has 1 aliphatic heterocycles. The van der Waals surface area contributed by atoms with Crippen LogP contribution in [0.4, 0.5) is 8.78 Å². The number of H-pyrrole nitrogens is 1. The number of halogens is 2. The Balaban J connectivity index is 1.42. The van der Waals surface area contributed by atoms with Gasteiger partial charge in [0.1, 0.15) is 6.17 Å². The van der Waals surface area contributed by atoms with Crippen molar-refractivity contribution in [3.63, 3.8) is 0 Å². The molecule has 1 saturated heterocycles. The van der Waals surface area contributed by atoms with Gasteiger partial charge >= 0.3 is 0 Å². The van der Waals surface area contributed by atoms with Gasteiger partial charge in [-0.2, -0.15) is 5.10 Å². The third-order valence-corrected chi connectivity index (χ3v) is 5.23. The molecule has 0 spiro atoms. The van der Waals surface area contributed by atoms with E-state index in [9.17, 15) is 18.4 Å². The van der Waals surface area contributed by atoms with E-state index >= 15 is 0 Å². The Labute approximate surface area is 148 Å². The van der Waals surface area contributed by atoms with Crippen LogP contribution in [-0.2, 0) is 4.79 Å². The van der Waals surface area contributed by atoms with Crippen molar-refractivity contribution in [2.75, 3.05) is 13.1 Å². The number of nitrogens with one attached hydrogen (secondary N) is 2. The quantitative estimate of drug-likeness (QED) is 0.877. The summed E-state index contributed by atoms with van der Waals surface area (Å²) in [7, 11) is 0. The molecule has 6 nitrogen and oxygen atoms in total. The number of nitrogens with zero attached hydrogens (tertiary/aromatic N) is 2. The molecular weight excluding hydrogens is 342 g/mol. The van der Waals surface area contributed by atoms with Crippen LogP contribution in [0.2, 0.25) is 0 Å². The SMILES string of the molecule is Cc1[nH]nc2cc(C(=O)N3CCC(NC(=O)C4(F)CC4)C(F)C3)ccc12. The van der Waals surface area contributed by atoms with Crippen molar-refractivity contribution in [3.05, 3.63) is 29.5 Å². The molecule has 26 heavy (non-hydrogen) atoms. The van der Waals surface area contributed by atoms with Crippen LogP contribution in [0.3, 0.4) is 0 Å². The number of rotatable bonds is 3. The number of hydrogen-bond donors (Lipinski definition) is 2. The molecule has 1 aliphatic carbocycles. The van der Waals surface area contributed by atoms with Crippen LogP contribution < -0.4 is 5.32 Å². The zero-order chi connectivity index (χ0) is 18.5. The van der Waals surface area contributed by atoms with Crippen LogP contribution in [0.15, 0.2) is 18.2 Å². The molecule has 8 heteroatoms. The molecule has 0 bridgehead atoms. The summed E-state index contributed by atoms with van der Waals surface area (Å²) in [5, 5.41) is 10.4. The van der Waals surface area contributed by atoms with Crippen LogP contribution in [0.1, 0.15) is 35.3 Å². The van der Waals surface area contributed by atoms with Crippen molar-refractivity contribution in [1.82, 2.24) is 20.4 Å². The summed E-state index contributed by atoms with van der Waals surface area (Å²) in [5.74, 6) is -1.01. The number of hydrogen-bond acceptors (Lipinski definition) is 3. The summed E-state index contributed by atoms with van der Waals surface area (Å²) in [6, 6.07) is 4.45. The maximum atomic E-state index is 14.5. The van der Waals surface area contributed by atoms with E-state index in [1.807, 2.05) is 13.0 Å². The Morgan fingerprint density at radius 3 is 2.85 bits per heavy atom. The maximum absolute atomic E-state index is 14.5. The smallest absolute Gasteiger partial charge is 0.257 e. The van der Waals surface area contributed by atoms with Gasteiger partial charge in [0, 0.05) is 23.2 Å². The molecule has 138 valence electrons. The minimum atomic E-state index is -1.82. The molecular formula is C18H20F2N4O2. The predicted octanol–water partition coefficient (Wildman–Crippen LogP) is 2.04. The monoisotopic (exact) mass is 362 g/mol. The number of benzene rings is 1. The average molecular weight is 362 g/mol. The summed E-state index contributed by atoms with van der Waals surface area (Å²) in [5.41, 5.74) is 0.231. The third-order valence-electron chi connectivity index (χ3n) is 5.23. The standard InChI is InChI=1S/C18H20F2N4O2/c1-10-12-3-2-11(8-15(12)23-22-10)16(25)24-7-4-14(13(19)9-24)21-17(26)18(20)5-6-18/h2-3,8,13-14H,4-7,9H2,1H3,(H,21,26)(H,22,23). The van der Waals surface area contributed by atoms with Crippen molar-refractivity contribution in [2.45, 2.75) is 44.1 Å². The summed E-state index contributed by atoms with van der Waals surface area (Å²) >= 11 is 0. The fourth-order valence-corrected chi connectivity index (χ4v) is 3.35. The summed E-state index contributed by atoms with van der Waals surface area (Å²) in [6.45, 7) is 2.08. The average Bonchev–Trinajstić information content (AvgIpc) is 3.29. The van der Waals surface area contributed by atoms with Gasteiger partial charge in [-0.05, 0) is 38.3 Å². The number of amides is 2. The van der Waals surface area contributed by atoms with Gasteiger partial charge in [-0.15, -0.1) is 0 Å². The lowest BCUT2D eigenvalue weighted by Crippen LogP contribution is -2.55. The number of carbonyl (C=O) groups is 2. The lowest BCUT2D eigenvalue weighted by molar-refractivity contribution is -0.129. The second-order valence-electron chi connectivity index (χ2n) is 7.18. The number of aryl methyl sites for hydroxylation is 1. The van der Waals surface area contributed by atoms with Crippen molar-refractivity contribution in [3.8, 4) is 0 Å². The third kappa shape index (κ3) is 2.93. The molecule has 2 fully saturated rings. The van der Waals surface area contributed by atoms with Crippen LogP contribution in [0.5, 0.6) is 0 Å². The number of aromatic amines is 1. The molecule has 1 aromatic carbocycles. The van der Waals surface area contributed by atoms with E-state index in [0.29, 0.717) is 17.6 Å². The van der Waals surface area contributed by atoms with Crippen molar-refractivity contribution < 1.29 is 18.4 Å². The highest BCUT2D eigenvalue weighted by Crippen LogP contribution is 2.40. The molecule has 2 heterocycles. The molecule has 0 radical (unpaired) electrons. The molecule has 2 N–H and O–H groups in total. The largest absolute Gasteiger partial charge is 0.348 e. The van der Waals surface area contributed by atoms with Gasteiger partial charge in [0.25, 0.3) is 11.8 Å². The van der Waals surface area contributed by atoms with E-state index in [4.69, 9.17) is 0 Å². The van der Waals surface area contributed by atoms with Crippen LogP contribution in [0, 0.1) is 6.92 Å². The normalized spacial score (nSPS) is 24.5. The van der Waals surface area contributed by atoms with E-state index in [1.165, 1.54) is 4.90 Å². The number of piperidine rings is 1. The predicted molar refractivity (Wildman–Crippen MR) is 91.3 cm³/mol. The fourth-order valence-electron chi connectivity index (χ4n) is 3.35. The van der Waals surface area contributed by atoms with Gasteiger partial charge < -0.3 is 10.2 Å². The number of aromatic nitrogens is 2. The van der Waals surface area contributed by atoms with Gasteiger partial charge in [-0.25, -0.2) is 8.78 Å². The van der Waals surface area contributed by atoms with E-state index in [2.05, 4.69) is 15.5 Å². The number of alkyl halides is 2. The molecule has 2 unspecified atom stereocenters. The first-order valence-corrected chi connectivity index (χ1v) is 8.75. The number of likely N-dealkylation sites (tertiary alicyclic amines) is 1. The second kappa shape index (κ2) is 6.03. The Morgan fingerprint density at radius 1 is 1.38 bits per heavy atom. The number of carbonyl (C=O) groups excluding carboxylic acids is 2. The van der Waals surface area contributed by atoms with Gasteiger partial charge in [0.15, 0.2) is 5.67 Å². The van der Waals surface area contributed by atoms with Gasteiger partial charge in [-0.3, -0.25) is 14.7 Å². The topological polar surface area (TPSA) is 78.1 Å². The first-order chi connectivity index (χ1) is 12.4. The number of fused-ring (bicyclic) bond motifs is 1. The van der Waals surface area contributed by atoms with E-state index in [1.54, 1.807) is 12.1 Å². The Morgan fingerprint density at radius 2 is 2.15 bits per heavy atom. The van der Waals surface area contributed by atoms with E-state index in [-0.39, 0.29) is 31.7 Å². The Hall–Kier alpha value is -2.51. The molecule has 4 rings (SSSR count). The molecule has 2 aliphatic rings. The first-order valence-electron chi connectivity index (χ1n) is 8.75. The maximum Gasteiger partial charge on any atom is 0.257 e. The van der Waals surface area contributed by atoms with E-state index in [0.717, 1.165) is 11.1 Å². The van der Waals surface area contributed by atoms with Crippen LogP contribution in [-0.4, -0.2) is 57.9 Å². The second-order valence-corrected chi connectivity index (χ2v) is 7.18. The van der Waals surface area contributed by atoms with Crippen LogP contribution in [0.25, 0.3) is 10.9 Å². The highest BCUT2D eigenvalue weighted by Gasteiger charge is 2.51. The molecule has 2 amide bonds. The minimum absolute atomic E-state index is 0.124. The van der Waals surface area contributed by atoms with E-state index < -0.39 is 23.8 Å². The van der Waals surface area contributed by atoms with Gasteiger partial charge in [-0.1, -0.05) is 6.07 Å². The Kier molecular flexibility index (Phi) is 3.93.